The number of hydrogen-bond donors (Lipinski definition) is 1. The molecule has 0 aromatic heterocycles. The van der Waals surface area contributed by atoms with E-state index in [9.17, 15) is 0 Å². The van der Waals surface area contributed by atoms with Crippen LogP contribution in [-0.4, -0.2) is 36.0 Å². The van der Waals surface area contributed by atoms with Crippen molar-refractivity contribution in [1.82, 2.24) is 4.90 Å². The number of nitrogens with zero attached hydrogens (tertiary/aromatic N) is 1. The van der Waals surface area contributed by atoms with E-state index in [4.69, 9.17) is 5.73 Å². The lowest BCUT2D eigenvalue weighted by Gasteiger charge is -2.30. The lowest BCUT2D eigenvalue weighted by molar-refractivity contribution is 0.218. The van der Waals surface area contributed by atoms with Crippen LogP contribution in [0.1, 0.15) is 23.6 Å². The second kappa shape index (κ2) is 6.94. The van der Waals surface area contributed by atoms with Crippen LogP contribution in [0.3, 0.4) is 0 Å². The number of hydrogen-bond acceptors (Lipinski definition) is 3. The first kappa shape index (κ1) is 14.4. The van der Waals surface area contributed by atoms with E-state index in [0.717, 1.165) is 6.54 Å². The number of aryl methyl sites for hydroxylation is 1. The fourth-order valence-electron chi connectivity index (χ4n) is 2.45. The number of rotatable bonds is 3. The van der Waals surface area contributed by atoms with E-state index in [1.54, 1.807) is 0 Å². The molecule has 0 amide bonds. The maximum absolute atomic E-state index is 6.01. The molecule has 0 aliphatic carbocycles. The summed E-state index contributed by atoms with van der Waals surface area (Å²) in [5.74, 6) is 2.51. The minimum atomic E-state index is 0.371. The fraction of sp³-hybridized carbons (Fsp3) is 0.571. The molecule has 0 radical (unpaired) electrons. The molecule has 0 saturated carbocycles. The summed E-state index contributed by atoms with van der Waals surface area (Å²) in [7, 11) is 0. The second-order valence-corrected chi connectivity index (χ2v) is 6.84. The van der Waals surface area contributed by atoms with Gasteiger partial charge in [-0.15, -0.1) is 0 Å². The number of halogens is 1. The highest BCUT2D eigenvalue weighted by atomic mass is 79.9. The zero-order valence-corrected chi connectivity index (χ0v) is 13.3. The van der Waals surface area contributed by atoms with Crippen LogP contribution in [0.2, 0.25) is 0 Å². The van der Waals surface area contributed by atoms with E-state index in [1.807, 2.05) is 0 Å². The van der Waals surface area contributed by atoms with Crippen molar-refractivity contribution in [2.75, 3.05) is 31.1 Å². The molecule has 1 aliphatic heterocycles. The maximum Gasteiger partial charge on any atom is 0.0470 e. The van der Waals surface area contributed by atoms with Gasteiger partial charge in [0.05, 0.1) is 0 Å². The number of nitrogens with two attached hydrogens (primary N) is 1. The first-order valence-corrected chi connectivity index (χ1v) is 8.45. The summed E-state index contributed by atoms with van der Waals surface area (Å²) in [6.45, 7) is 5.16. The summed E-state index contributed by atoms with van der Waals surface area (Å²) >= 11 is 5.62. The van der Waals surface area contributed by atoms with Gasteiger partial charge in [0.25, 0.3) is 0 Å². The van der Waals surface area contributed by atoms with Crippen molar-refractivity contribution >= 4 is 27.7 Å². The molecule has 0 spiro atoms. The van der Waals surface area contributed by atoms with Crippen LogP contribution in [-0.2, 0) is 0 Å². The maximum atomic E-state index is 6.01. The van der Waals surface area contributed by atoms with Gasteiger partial charge in [-0.1, -0.05) is 28.1 Å². The predicted molar refractivity (Wildman–Crippen MR) is 84.2 cm³/mol. The van der Waals surface area contributed by atoms with E-state index in [1.165, 1.54) is 40.1 Å². The topological polar surface area (TPSA) is 29.3 Å². The van der Waals surface area contributed by atoms with Crippen molar-refractivity contribution in [3.8, 4) is 0 Å². The van der Waals surface area contributed by atoms with Gasteiger partial charge < -0.3 is 5.73 Å². The molecule has 1 heterocycles. The molecule has 1 unspecified atom stereocenters. The number of thioether (sulfide) groups is 1. The molecular formula is C14H21BrN2S. The van der Waals surface area contributed by atoms with Gasteiger partial charge in [0.15, 0.2) is 0 Å². The average molecular weight is 329 g/mol. The van der Waals surface area contributed by atoms with E-state index in [2.05, 4.69) is 57.7 Å². The molecule has 18 heavy (non-hydrogen) atoms. The van der Waals surface area contributed by atoms with Gasteiger partial charge in [-0.05, 0) is 42.8 Å². The molecule has 1 aromatic carbocycles. The highest BCUT2D eigenvalue weighted by Crippen LogP contribution is 2.26. The fourth-order valence-corrected chi connectivity index (χ4v) is 3.60. The third kappa shape index (κ3) is 3.50. The Balaban J connectivity index is 2.17. The van der Waals surface area contributed by atoms with Crippen molar-refractivity contribution in [1.29, 1.82) is 0 Å². The zero-order valence-electron chi connectivity index (χ0n) is 10.9. The van der Waals surface area contributed by atoms with Gasteiger partial charge in [-0.3, -0.25) is 4.90 Å². The molecule has 1 aliphatic rings. The van der Waals surface area contributed by atoms with Crippen molar-refractivity contribution in [3.63, 3.8) is 0 Å². The summed E-state index contributed by atoms with van der Waals surface area (Å²) < 4.78 is 1.17. The first-order chi connectivity index (χ1) is 8.72. The predicted octanol–water partition coefficient (Wildman–Crippen LogP) is 3.20. The van der Waals surface area contributed by atoms with Crippen LogP contribution in [0, 0.1) is 6.92 Å². The van der Waals surface area contributed by atoms with Crippen molar-refractivity contribution in [2.45, 2.75) is 19.4 Å². The molecule has 1 aromatic rings. The summed E-state index contributed by atoms with van der Waals surface area (Å²) in [6.07, 6.45) is 1.27. The molecule has 100 valence electrons. The lowest BCUT2D eigenvalue weighted by Crippen LogP contribution is -2.35. The highest BCUT2D eigenvalue weighted by molar-refractivity contribution is 9.10. The largest absolute Gasteiger partial charge is 0.329 e. The minimum absolute atomic E-state index is 0.371. The summed E-state index contributed by atoms with van der Waals surface area (Å²) in [5, 5.41) is 0. The summed E-state index contributed by atoms with van der Waals surface area (Å²) in [4.78, 5) is 2.54. The molecule has 1 atom stereocenters. The minimum Gasteiger partial charge on any atom is -0.329 e. The quantitative estimate of drug-likeness (QED) is 0.923. The third-order valence-corrected chi connectivity index (χ3v) is 5.43. The standard InChI is InChI=1S/C14H21BrN2S/c1-11-9-12(3-4-13(11)15)14(10-16)17-5-2-7-18-8-6-17/h3-4,9,14H,2,5-8,10,16H2,1H3. The molecule has 2 N–H and O–H groups in total. The van der Waals surface area contributed by atoms with Crippen molar-refractivity contribution in [2.24, 2.45) is 5.73 Å². The Morgan fingerprint density at radius 2 is 2.22 bits per heavy atom. The normalized spacial score (nSPS) is 19.5. The SMILES string of the molecule is Cc1cc(C(CN)N2CCCSCC2)ccc1Br. The van der Waals surface area contributed by atoms with Crippen LogP contribution in [0.5, 0.6) is 0 Å². The summed E-state index contributed by atoms with van der Waals surface area (Å²) in [6, 6.07) is 6.97. The Bertz CT molecular complexity index is 389. The molecule has 1 fully saturated rings. The summed E-state index contributed by atoms with van der Waals surface area (Å²) in [5.41, 5.74) is 8.65. The molecule has 2 rings (SSSR count). The van der Waals surface area contributed by atoms with Gasteiger partial charge in [0.2, 0.25) is 0 Å². The Labute approximate surface area is 122 Å². The molecular weight excluding hydrogens is 308 g/mol. The van der Waals surface area contributed by atoms with Crippen LogP contribution >= 0.6 is 27.7 Å². The van der Waals surface area contributed by atoms with Crippen LogP contribution in [0.25, 0.3) is 0 Å². The van der Waals surface area contributed by atoms with Crippen LogP contribution in [0.4, 0.5) is 0 Å². The molecule has 2 nitrogen and oxygen atoms in total. The van der Waals surface area contributed by atoms with E-state index < -0.39 is 0 Å². The first-order valence-electron chi connectivity index (χ1n) is 6.50. The van der Waals surface area contributed by atoms with Crippen molar-refractivity contribution < 1.29 is 0 Å². The van der Waals surface area contributed by atoms with Gasteiger partial charge in [0.1, 0.15) is 0 Å². The Morgan fingerprint density at radius 1 is 1.39 bits per heavy atom. The monoisotopic (exact) mass is 328 g/mol. The van der Waals surface area contributed by atoms with Gasteiger partial charge >= 0.3 is 0 Å². The van der Waals surface area contributed by atoms with Gasteiger partial charge in [-0.2, -0.15) is 11.8 Å². The van der Waals surface area contributed by atoms with Crippen molar-refractivity contribution in [3.05, 3.63) is 33.8 Å². The molecule has 4 heteroatoms. The highest BCUT2D eigenvalue weighted by Gasteiger charge is 2.20. The van der Waals surface area contributed by atoms with Crippen LogP contribution in [0.15, 0.2) is 22.7 Å². The van der Waals surface area contributed by atoms with E-state index >= 15 is 0 Å². The average Bonchev–Trinajstić information content (AvgIpc) is 2.64. The van der Waals surface area contributed by atoms with Crippen LogP contribution < -0.4 is 5.73 Å². The smallest absolute Gasteiger partial charge is 0.0470 e. The molecule has 0 bridgehead atoms. The van der Waals surface area contributed by atoms with E-state index in [0.29, 0.717) is 12.6 Å². The lowest BCUT2D eigenvalue weighted by atomic mass is 10.0. The second-order valence-electron chi connectivity index (χ2n) is 4.76. The Kier molecular flexibility index (Phi) is 5.55. The number of benzene rings is 1. The third-order valence-electron chi connectivity index (χ3n) is 3.49. The van der Waals surface area contributed by atoms with E-state index in [-0.39, 0.29) is 0 Å². The van der Waals surface area contributed by atoms with Gasteiger partial charge in [-0.25, -0.2) is 0 Å². The Morgan fingerprint density at radius 3 is 2.94 bits per heavy atom. The van der Waals surface area contributed by atoms with Gasteiger partial charge in [0, 0.05) is 29.4 Å². The Hall–Kier alpha value is -0.0300. The zero-order chi connectivity index (χ0) is 13.0. The molecule has 1 saturated heterocycles.